The van der Waals surface area contributed by atoms with Crippen LogP contribution in [0, 0.1) is 11.8 Å². The second-order valence-electron chi connectivity index (χ2n) is 6.03. The fourth-order valence-corrected chi connectivity index (χ4v) is 2.97. The number of nitrogen functional groups attached to an aromatic ring is 1. The van der Waals surface area contributed by atoms with Gasteiger partial charge >= 0.3 is 0 Å². The van der Waals surface area contributed by atoms with Crippen molar-refractivity contribution in [3.63, 3.8) is 0 Å². The van der Waals surface area contributed by atoms with Crippen LogP contribution in [0.15, 0.2) is 23.3 Å². The molecule has 0 bridgehead atoms. The van der Waals surface area contributed by atoms with Gasteiger partial charge < -0.3 is 16.0 Å². The standard InChI is InChI=1S/C15H18N4O/c16-11-5-10-12(17-7-18-15(10)20)6-13(11)19-14(8-1-2-8)9-3-4-9/h5-9,14,19H,1-4,16H2,(H,17,18,20). The predicted molar refractivity (Wildman–Crippen MR) is 79.6 cm³/mol. The highest BCUT2D eigenvalue weighted by molar-refractivity contribution is 5.88. The van der Waals surface area contributed by atoms with Crippen molar-refractivity contribution in [1.82, 2.24) is 9.97 Å². The Balaban J connectivity index is 1.71. The SMILES string of the molecule is Nc1cc2c(=O)[nH]cnc2cc1NC(C1CC1)C1CC1. The summed E-state index contributed by atoms with van der Waals surface area (Å²) in [5.41, 5.74) is 8.19. The van der Waals surface area contributed by atoms with E-state index in [9.17, 15) is 4.79 Å². The lowest BCUT2D eigenvalue weighted by Gasteiger charge is -2.20. The highest BCUT2D eigenvalue weighted by Crippen LogP contribution is 2.46. The number of nitrogens with zero attached hydrogens (tertiary/aromatic N) is 1. The van der Waals surface area contributed by atoms with E-state index in [4.69, 9.17) is 5.73 Å². The number of fused-ring (bicyclic) bond motifs is 1. The molecule has 5 heteroatoms. The Labute approximate surface area is 116 Å². The molecule has 0 atom stereocenters. The van der Waals surface area contributed by atoms with E-state index in [1.165, 1.54) is 32.0 Å². The zero-order valence-corrected chi connectivity index (χ0v) is 11.2. The molecule has 2 aliphatic rings. The summed E-state index contributed by atoms with van der Waals surface area (Å²) in [4.78, 5) is 18.5. The number of benzene rings is 1. The van der Waals surface area contributed by atoms with Gasteiger partial charge in [0.15, 0.2) is 0 Å². The average molecular weight is 270 g/mol. The molecular weight excluding hydrogens is 252 g/mol. The van der Waals surface area contributed by atoms with Crippen LogP contribution in [0.25, 0.3) is 10.9 Å². The zero-order valence-electron chi connectivity index (χ0n) is 11.2. The number of H-pyrrole nitrogens is 1. The van der Waals surface area contributed by atoms with Crippen molar-refractivity contribution >= 4 is 22.3 Å². The topological polar surface area (TPSA) is 83.8 Å². The maximum absolute atomic E-state index is 11.7. The van der Waals surface area contributed by atoms with E-state index >= 15 is 0 Å². The number of nitrogens with two attached hydrogens (primary N) is 1. The molecule has 5 nitrogen and oxygen atoms in total. The smallest absolute Gasteiger partial charge is 0.258 e. The Morgan fingerprint density at radius 2 is 1.95 bits per heavy atom. The predicted octanol–water partition coefficient (Wildman–Crippen LogP) is 2.11. The van der Waals surface area contributed by atoms with E-state index in [1.54, 1.807) is 6.07 Å². The molecule has 0 spiro atoms. The number of rotatable bonds is 4. The highest BCUT2D eigenvalue weighted by atomic mass is 16.1. The van der Waals surface area contributed by atoms with E-state index in [2.05, 4.69) is 15.3 Å². The number of nitrogens with one attached hydrogen (secondary N) is 2. The minimum absolute atomic E-state index is 0.144. The molecule has 1 heterocycles. The van der Waals surface area contributed by atoms with Crippen LogP contribution >= 0.6 is 0 Å². The summed E-state index contributed by atoms with van der Waals surface area (Å²) >= 11 is 0. The molecule has 2 aromatic rings. The van der Waals surface area contributed by atoms with Crippen molar-refractivity contribution in [2.45, 2.75) is 31.7 Å². The lowest BCUT2D eigenvalue weighted by atomic mass is 10.1. The van der Waals surface area contributed by atoms with Gasteiger partial charge in [-0.05, 0) is 49.7 Å². The van der Waals surface area contributed by atoms with Gasteiger partial charge in [-0.3, -0.25) is 4.79 Å². The van der Waals surface area contributed by atoms with Gasteiger partial charge in [-0.1, -0.05) is 0 Å². The van der Waals surface area contributed by atoms with Crippen molar-refractivity contribution in [2.75, 3.05) is 11.1 Å². The average Bonchev–Trinajstić information content (AvgIpc) is 3.30. The summed E-state index contributed by atoms with van der Waals surface area (Å²) in [6.45, 7) is 0. The Morgan fingerprint density at radius 3 is 2.60 bits per heavy atom. The molecule has 0 saturated heterocycles. The van der Waals surface area contributed by atoms with Crippen molar-refractivity contribution in [2.24, 2.45) is 11.8 Å². The van der Waals surface area contributed by atoms with Crippen LogP contribution in [-0.2, 0) is 0 Å². The summed E-state index contributed by atoms with van der Waals surface area (Å²) in [5.74, 6) is 1.59. The molecule has 2 fully saturated rings. The monoisotopic (exact) mass is 270 g/mol. The van der Waals surface area contributed by atoms with Gasteiger partial charge in [0.05, 0.1) is 28.6 Å². The maximum atomic E-state index is 11.7. The first-order chi connectivity index (χ1) is 9.72. The summed E-state index contributed by atoms with van der Waals surface area (Å²) in [6.07, 6.45) is 6.71. The van der Waals surface area contributed by atoms with Gasteiger partial charge in [-0.2, -0.15) is 0 Å². The van der Waals surface area contributed by atoms with Crippen LogP contribution in [0.4, 0.5) is 11.4 Å². The number of hydrogen-bond donors (Lipinski definition) is 3. The number of aromatic nitrogens is 2. The van der Waals surface area contributed by atoms with Crippen LogP contribution < -0.4 is 16.6 Å². The highest BCUT2D eigenvalue weighted by Gasteiger charge is 2.41. The van der Waals surface area contributed by atoms with Crippen LogP contribution in [0.3, 0.4) is 0 Å². The van der Waals surface area contributed by atoms with Crippen molar-refractivity contribution < 1.29 is 0 Å². The van der Waals surface area contributed by atoms with Gasteiger partial charge in [0.25, 0.3) is 5.56 Å². The first-order valence-corrected chi connectivity index (χ1v) is 7.26. The van der Waals surface area contributed by atoms with Gasteiger partial charge in [-0.25, -0.2) is 4.98 Å². The summed E-state index contributed by atoms with van der Waals surface area (Å²) in [5, 5.41) is 4.15. The molecule has 20 heavy (non-hydrogen) atoms. The first-order valence-electron chi connectivity index (χ1n) is 7.26. The fraction of sp³-hybridized carbons (Fsp3) is 0.467. The van der Waals surface area contributed by atoms with Crippen molar-refractivity contribution in [3.8, 4) is 0 Å². The van der Waals surface area contributed by atoms with Gasteiger partial charge in [0.1, 0.15) is 0 Å². The molecule has 0 aliphatic heterocycles. The van der Waals surface area contributed by atoms with E-state index < -0.39 is 0 Å². The maximum Gasteiger partial charge on any atom is 0.258 e. The molecule has 4 rings (SSSR count). The summed E-state index contributed by atoms with van der Waals surface area (Å²) in [7, 11) is 0. The van der Waals surface area contributed by atoms with E-state index in [0.29, 0.717) is 22.6 Å². The summed E-state index contributed by atoms with van der Waals surface area (Å²) < 4.78 is 0. The third-order valence-electron chi connectivity index (χ3n) is 4.39. The van der Waals surface area contributed by atoms with Gasteiger partial charge in [-0.15, -0.1) is 0 Å². The third kappa shape index (κ3) is 2.03. The lowest BCUT2D eigenvalue weighted by molar-refractivity contribution is 0.568. The molecule has 0 radical (unpaired) electrons. The molecule has 1 aromatic heterocycles. The quantitative estimate of drug-likeness (QED) is 0.743. The first kappa shape index (κ1) is 11.8. The molecular formula is C15H18N4O. The molecule has 104 valence electrons. The largest absolute Gasteiger partial charge is 0.397 e. The van der Waals surface area contributed by atoms with Gasteiger partial charge in [0, 0.05) is 6.04 Å². The molecule has 1 aromatic carbocycles. The van der Waals surface area contributed by atoms with Crippen LogP contribution in [0.1, 0.15) is 25.7 Å². The van der Waals surface area contributed by atoms with Crippen LogP contribution in [-0.4, -0.2) is 16.0 Å². The Bertz CT molecular complexity index is 703. The minimum Gasteiger partial charge on any atom is -0.397 e. The van der Waals surface area contributed by atoms with E-state index in [-0.39, 0.29) is 5.56 Å². The second kappa shape index (κ2) is 4.23. The van der Waals surface area contributed by atoms with E-state index in [1.807, 2.05) is 6.07 Å². The zero-order chi connectivity index (χ0) is 13.7. The summed E-state index contributed by atoms with van der Waals surface area (Å²) in [6, 6.07) is 4.16. The Morgan fingerprint density at radius 1 is 1.25 bits per heavy atom. The number of aromatic amines is 1. The molecule has 0 unspecified atom stereocenters. The minimum atomic E-state index is -0.144. The normalized spacial score (nSPS) is 18.6. The molecule has 2 saturated carbocycles. The second-order valence-corrected chi connectivity index (χ2v) is 6.03. The van der Waals surface area contributed by atoms with Crippen molar-refractivity contribution in [1.29, 1.82) is 0 Å². The number of anilines is 2. The molecule has 4 N–H and O–H groups in total. The van der Waals surface area contributed by atoms with Crippen LogP contribution in [0.5, 0.6) is 0 Å². The fourth-order valence-electron chi connectivity index (χ4n) is 2.97. The third-order valence-corrected chi connectivity index (χ3v) is 4.39. The lowest BCUT2D eigenvalue weighted by Crippen LogP contribution is -2.24. The van der Waals surface area contributed by atoms with Crippen molar-refractivity contribution in [3.05, 3.63) is 28.8 Å². The van der Waals surface area contributed by atoms with Crippen LogP contribution in [0.2, 0.25) is 0 Å². The molecule has 2 aliphatic carbocycles. The van der Waals surface area contributed by atoms with E-state index in [0.717, 1.165) is 17.5 Å². The Hall–Kier alpha value is -2.04. The Kier molecular flexibility index (Phi) is 2.49. The number of hydrogen-bond acceptors (Lipinski definition) is 4. The van der Waals surface area contributed by atoms with Gasteiger partial charge in [0.2, 0.25) is 0 Å². The molecule has 0 amide bonds.